The first-order valence-corrected chi connectivity index (χ1v) is 7.37. The third kappa shape index (κ3) is 5.14. The number of ether oxygens (including phenoxy) is 1. The number of amides is 2. The van der Waals surface area contributed by atoms with Crippen molar-refractivity contribution in [2.24, 2.45) is 0 Å². The van der Waals surface area contributed by atoms with E-state index < -0.39 is 0 Å². The normalized spacial score (nSPS) is 10.0. The van der Waals surface area contributed by atoms with Crippen LogP contribution in [0, 0.1) is 0 Å². The second-order valence-electron chi connectivity index (χ2n) is 5.12. The molecule has 0 saturated heterocycles. The highest BCUT2D eigenvalue weighted by atomic mass is 16.5. The van der Waals surface area contributed by atoms with Crippen molar-refractivity contribution in [1.82, 2.24) is 5.32 Å². The van der Waals surface area contributed by atoms with E-state index in [4.69, 9.17) is 4.74 Å². The molecule has 0 aliphatic heterocycles. The fraction of sp³-hybridized carbons (Fsp3) is 0.222. The number of Topliss-reactive ketones (excluding diaryl/α,β-unsaturated/α-hetero) is 1. The summed E-state index contributed by atoms with van der Waals surface area (Å²) in [6.07, 6.45) is 0.727. The van der Waals surface area contributed by atoms with Gasteiger partial charge in [0.1, 0.15) is 5.75 Å². The van der Waals surface area contributed by atoms with Gasteiger partial charge in [-0.15, -0.1) is 0 Å². The maximum absolute atomic E-state index is 11.9. The topological polar surface area (TPSA) is 67.4 Å². The SMILES string of the molecule is COc1ccc(CCNC(=O)Nc2cccc(C(C)=O)c2)cc1. The Balaban J connectivity index is 1.80. The maximum Gasteiger partial charge on any atom is 0.319 e. The Bertz CT molecular complexity index is 681. The van der Waals surface area contributed by atoms with Crippen LogP contribution in [0.2, 0.25) is 0 Å². The van der Waals surface area contributed by atoms with Crippen LogP contribution in [-0.4, -0.2) is 25.5 Å². The standard InChI is InChI=1S/C18H20N2O3/c1-13(21)15-4-3-5-16(12-15)20-18(22)19-11-10-14-6-8-17(23-2)9-7-14/h3-9,12H,10-11H2,1-2H3,(H2,19,20,22). The molecule has 0 bridgehead atoms. The lowest BCUT2D eigenvalue weighted by molar-refractivity contribution is 0.101. The zero-order valence-corrected chi connectivity index (χ0v) is 13.3. The summed E-state index contributed by atoms with van der Waals surface area (Å²) < 4.78 is 5.10. The molecule has 5 nitrogen and oxygen atoms in total. The van der Waals surface area contributed by atoms with Gasteiger partial charge in [-0.05, 0) is 43.2 Å². The molecular formula is C18H20N2O3. The van der Waals surface area contributed by atoms with E-state index in [-0.39, 0.29) is 11.8 Å². The third-order valence-electron chi connectivity index (χ3n) is 3.39. The number of benzene rings is 2. The molecule has 0 aromatic heterocycles. The molecule has 0 fully saturated rings. The van der Waals surface area contributed by atoms with Crippen LogP contribution >= 0.6 is 0 Å². The predicted molar refractivity (Wildman–Crippen MR) is 90.2 cm³/mol. The van der Waals surface area contributed by atoms with Crippen LogP contribution in [-0.2, 0) is 6.42 Å². The van der Waals surface area contributed by atoms with Gasteiger partial charge in [-0.2, -0.15) is 0 Å². The highest BCUT2D eigenvalue weighted by Crippen LogP contribution is 2.12. The Labute approximate surface area is 135 Å². The van der Waals surface area contributed by atoms with E-state index in [9.17, 15) is 9.59 Å². The summed E-state index contributed by atoms with van der Waals surface area (Å²) in [5, 5.41) is 5.51. The van der Waals surface area contributed by atoms with E-state index in [1.165, 1.54) is 6.92 Å². The van der Waals surface area contributed by atoms with E-state index in [0.29, 0.717) is 17.8 Å². The summed E-state index contributed by atoms with van der Waals surface area (Å²) in [5.74, 6) is 0.776. The molecule has 2 aromatic carbocycles. The van der Waals surface area contributed by atoms with Crippen molar-refractivity contribution in [3.05, 3.63) is 59.7 Å². The van der Waals surface area contributed by atoms with Crippen LogP contribution in [0.3, 0.4) is 0 Å². The lowest BCUT2D eigenvalue weighted by atomic mass is 10.1. The lowest BCUT2D eigenvalue weighted by Crippen LogP contribution is -2.30. The van der Waals surface area contributed by atoms with Crippen LogP contribution in [0.15, 0.2) is 48.5 Å². The molecule has 2 rings (SSSR count). The minimum atomic E-state index is -0.292. The summed E-state index contributed by atoms with van der Waals surface area (Å²) >= 11 is 0. The highest BCUT2D eigenvalue weighted by molar-refractivity contribution is 5.96. The van der Waals surface area contributed by atoms with Crippen molar-refractivity contribution in [2.45, 2.75) is 13.3 Å². The Kier molecular flexibility index (Phi) is 5.74. The minimum absolute atomic E-state index is 0.0337. The number of rotatable bonds is 6. The number of carbonyl (C=O) groups excluding carboxylic acids is 2. The van der Waals surface area contributed by atoms with Crippen molar-refractivity contribution < 1.29 is 14.3 Å². The van der Waals surface area contributed by atoms with E-state index in [0.717, 1.165) is 17.7 Å². The Morgan fingerprint density at radius 1 is 1.09 bits per heavy atom. The van der Waals surface area contributed by atoms with Gasteiger partial charge in [0.2, 0.25) is 0 Å². The zero-order chi connectivity index (χ0) is 16.7. The predicted octanol–water partition coefficient (Wildman–Crippen LogP) is 3.26. The molecule has 0 heterocycles. The van der Waals surface area contributed by atoms with Crippen LogP contribution < -0.4 is 15.4 Å². The molecule has 2 amide bonds. The van der Waals surface area contributed by atoms with Gasteiger partial charge in [0, 0.05) is 17.8 Å². The largest absolute Gasteiger partial charge is 0.497 e. The number of hydrogen-bond donors (Lipinski definition) is 2. The number of hydrogen-bond acceptors (Lipinski definition) is 3. The van der Waals surface area contributed by atoms with E-state index in [1.54, 1.807) is 31.4 Å². The first-order valence-electron chi connectivity index (χ1n) is 7.37. The monoisotopic (exact) mass is 312 g/mol. The summed E-state index contributed by atoms with van der Waals surface area (Å²) in [4.78, 5) is 23.2. The van der Waals surface area contributed by atoms with Gasteiger partial charge in [-0.1, -0.05) is 24.3 Å². The second kappa shape index (κ2) is 7.98. The Morgan fingerprint density at radius 3 is 2.48 bits per heavy atom. The molecule has 0 atom stereocenters. The molecule has 2 aromatic rings. The zero-order valence-electron chi connectivity index (χ0n) is 13.3. The molecule has 5 heteroatoms. The number of carbonyl (C=O) groups is 2. The van der Waals surface area contributed by atoms with Gasteiger partial charge in [0.15, 0.2) is 5.78 Å². The van der Waals surface area contributed by atoms with E-state index in [2.05, 4.69) is 10.6 Å². The summed E-state index contributed by atoms with van der Waals surface area (Å²) in [6.45, 7) is 2.01. The molecule has 0 aliphatic rings. The molecule has 0 spiro atoms. The fourth-order valence-electron chi connectivity index (χ4n) is 2.10. The van der Waals surface area contributed by atoms with Gasteiger partial charge >= 0.3 is 6.03 Å². The molecule has 120 valence electrons. The van der Waals surface area contributed by atoms with Gasteiger partial charge < -0.3 is 15.4 Å². The van der Waals surface area contributed by atoms with Gasteiger partial charge in [-0.25, -0.2) is 4.79 Å². The Hall–Kier alpha value is -2.82. The van der Waals surface area contributed by atoms with Crippen molar-refractivity contribution >= 4 is 17.5 Å². The van der Waals surface area contributed by atoms with Crippen LogP contribution in [0.5, 0.6) is 5.75 Å². The number of urea groups is 1. The third-order valence-corrected chi connectivity index (χ3v) is 3.39. The smallest absolute Gasteiger partial charge is 0.319 e. The van der Waals surface area contributed by atoms with Crippen LogP contribution in [0.4, 0.5) is 10.5 Å². The average Bonchev–Trinajstić information content (AvgIpc) is 2.55. The summed E-state index contributed by atoms with van der Waals surface area (Å²) in [5.41, 5.74) is 2.28. The van der Waals surface area contributed by atoms with Crippen molar-refractivity contribution in [1.29, 1.82) is 0 Å². The van der Waals surface area contributed by atoms with E-state index >= 15 is 0 Å². The van der Waals surface area contributed by atoms with Crippen molar-refractivity contribution in [3.63, 3.8) is 0 Å². The molecule has 23 heavy (non-hydrogen) atoms. The number of nitrogens with one attached hydrogen (secondary N) is 2. The summed E-state index contributed by atoms with van der Waals surface area (Å²) in [6, 6.07) is 14.3. The van der Waals surface area contributed by atoms with Gasteiger partial charge in [0.05, 0.1) is 7.11 Å². The number of methoxy groups -OCH3 is 1. The molecule has 2 N–H and O–H groups in total. The number of ketones is 1. The van der Waals surface area contributed by atoms with Gasteiger partial charge in [0.25, 0.3) is 0 Å². The second-order valence-corrected chi connectivity index (χ2v) is 5.12. The molecule has 0 saturated carbocycles. The van der Waals surface area contributed by atoms with Crippen LogP contribution in [0.25, 0.3) is 0 Å². The van der Waals surface area contributed by atoms with Crippen LogP contribution in [0.1, 0.15) is 22.8 Å². The minimum Gasteiger partial charge on any atom is -0.497 e. The maximum atomic E-state index is 11.9. The van der Waals surface area contributed by atoms with Crippen molar-refractivity contribution in [3.8, 4) is 5.75 Å². The average molecular weight is 312 g/mol. The lowest BCUT2D eigenvalue weighted by Gasteiger charge is -2.09. The highest BCUT2D eigenvalue weighted by Gasteiger charge is 2.04. The molecule has 0 radical (unpaired) electrons. The van der Waals surface area contributed by atoms with E-state index in [1.807, 2.05) is 24.3 Å². The van der Waals surface area contributed by atoms with Crippen molar-refractivity contribution in [2.75, 3.05) is 19.0 Å². The fourth-order valence-corrected chi connectivity index (χ4v) is 2.10. The quantitative estimate of drug-likeness (QED) is 0.805. The van der Waals surface area contributed by atoms with Gasteiger partial charge in [-0.3, -0.25) is 4.79 Å². The summed E-state index contributed by atoms with van der Waals surface area (Å²) in [7, 11) is 1.63. The first-order chi connectivity index (χ1) is 11.1. The first kappa shape index (κ1) is 16.5. The Morgan fingerprint density at radius 2 is 1.83 bits per heavy atom. The molecule has 0 aliphatic carbocycles. The molecular weight excluding hydrogens is 292 g/mol. The number of anilines is 1. The molecule has 0 unspecified atom stereocenters.